The van der Waals surface area contributed by atoms with Crippen LogP contribution in [0.15, 0.2) is 42.5 Å². The van der Waals surface area contributed by atoms with Crippen LogP contribution in [0, 0.1) is 6.92 Å². The Morgan fingerprint density at radius 1 is 1.17 bits per heavy atom. The summed E-state index contributed by atoms with van der Waals surface area (Å²) in [5.41, 5.74) is 1.41. The van der Waals surface area contributed by atoms with Crippen LogP contribution in [0.3, 0.4) is 0 Å². The minimum atomic E-state index is 1.07. The lowest BCUT2D eigenvalue weighted by Gasteiger charge is -1.97. The fraction of sp³-hybridized carbons (Fsp3) is 0.250. The van der Waals surface area contributed by atoms with Gasteiger partial charge in [-0.3, -0.25) is 0 Å². The summed E-state index contributed by atoms with van der Waals surface area (Å²) in [6.07, 6.45) is 7.02. The third kappa shape index (κ3) is 3.38. The molecule has 0 N–H and O–H groups in total. The van der Waals surface area contributed by atoms with Crippen LogP contribution in [0.1, 0.15) is 18.4 Å². The smallest absolute Gasteiger partial charge is 0.00958 e. The molecule has 0 heterocycles. The maximum Gasteiger partial charge on any atom is -0.00958 e. The molecule has 0 saturated heterocycles. The maximum atomic E-state index is 5.23. The van der Waals surface area contributed by atoms with Gasteiger partial charge in [-0.05, 0) is 31.7 Å². The summed E-state index contributed by atoms with van der Waals surface area (Å²) in [4.78, 5) is 0. The molecule has 0 aliphatic carbocycles. The lowest BCUT2D eigenvalue weighted by molar-refractivity contribution is 0.843. The van der Waals surface area contributed by atoms with Crippen LogP contribution >= 0.6 is 0 Å². The van der Waals surface area contributed by atoms with Gasteiger partial charge in [0.2, 0.25) is 0 Å². The Morgan fingerprint density at radius 2 is 1.92 bits per heavy atom. The molecule has 0 spiro atoms. The van der Waals surface area contributed by atoms with Crippen molar-refractivity contribution in [2.75, 3.05) is 0 Å². The third-order valence-electron chi connectivity index (χ3n) is 1.82. The van der Waals surface area contributed by atoms with Gasteiger partial charge in [0.25, 0.3) is 0 Å². The van der Waals surface area contributed by atoms with Crippen LogP contribution in [0.25, 0.3) is 0 Å². The van der Waals surface area contributed by atoms with Gasteiger partial charge in [0.15, 0.2) is 0 Å². The van der Waals surface area contributed by atoms with E-state index in [-0.39, 0.29) is 0 Å². The Labute approximate surface area is 74.9 Å². The highest BCUT2D eigenvalue weighted by Crippen LogP contribution is 2.04. The lowest BCUT2D eigenvalue weighted by atomic mass is 10.1. The largest absolute Gasteiger partial charge is 0.0882 e. The lowest BCUT2D eigenvalue weighted by Crippen LogP contribution is -1.82. The normalized spacial score (nSPS) is 10.8. The Morgan fingerprint density at radius 3 is 2.58 bits per heavy atom. The van der Waals surface area contributed by atoms with E-state index in [0.29, 0.717) is 0 Å². The van der Waals surface area contributed by atoms with E-state index < -0.39 is 0 Å². The van der Waals surface area contributed by atoms with Crippen molar-refractivity contribution in [3.8, 4) is 0 Å². The third-order valence-corrected chi connectivity index (χ3v) is 1.82. The molecule has 1 aromatic carbocycles. The van der Waals surface area contributed by atoms with Crippen LogP contribution in [-0.2, 0) is 6.42 Å². The molecule has 62 valence electrons. The Bertz CT molecular complexity index is 221. The van der Waals surface area contributed by atoms with Gasteiger partial charge >= 0.3 is 0 Å². The fourth-order valence-electron chi connectivity index (χ4n) is 1.16. The zero-order valence-corrected chi connectivity index (χ0v) is 7.24. The summed E-state index contributed by atoms with van der Waals surface area (Å²) in [5.74, 6) is 0. The second-order valence-electron chi connectivity index (χ2n) is 2.81. The topological polar surface area (TPSA) is 0 Å². The molecule has 0 aliphatic heterocycles. The number of unbranched alkanes of at least 4 members (excludes halogenated alkanes) is 1. The fourth-order valence-corrected chi connectivity index (χ4v) is 1.16. The van der Waals surface area contributed by atoms with Gasteiger partial charge in [-0.25, -0.2) is 0 Å². The molecule has 0 saturated carbocycles. The second kappa shape index (κ2) is 5.59. The summed E-state index contributed by atoms with van der Waals surface area (Å²) >= 11 is 0. The quantitative estimate of drug-likeness (QED) is 0.590. The maximum absolute atomic E-state index is 5.23. The summed E-state index contributed by atoms with van der Waals surface area (Å²) < 4.78 is 0. The first-order valence-corrected chi connectivity index (χ1v) is 4.34. The van der Waals surface area contributed by atoms with Gasteiger partial charge in [0.1, 0.15) is 0 Å². The van der Waals surface area contributed by atoms with Crippen molar-refractivity contribution < 1.29 is 0 Å². The summed E-state index contributed by atoms with van der Waals surface area (Å²) in [5, 5.41) is 0. The van der Waals surface area contributed by atoms with E-state index in [2.05, 4.69) is 24.3 Å². The Balaban J connectivity index is 2.24. The van der Waals surface area contributed by atoms with E-state index in [1.807, 2.05) is 12.1 Å². The van der Waals surface area contributed by atoms with Crippen molar-refractivity contribution in [3.05, 3.63) is 55.0 Å². The van der Waals surface area contributed by atoms with E-state index in [0.717, 1.165) is 12.8 Å². The highest BCUT2D eigenvalue weighted by atomic mass is 13.9. The van der Waals surface area contributed by atoms with Crippen molar-refractivity contribution in [1.82, 2.24) is 0 Å². The number of rotatable bonds is 4. The number of benzene rings is 1. The molecule has 0 unspecified atom stereocenters. The molecule has 0 heteroatoms. The van der Waals surface area contributed by atoms with Crippen molar-refractivity contribution in [2.24, 2.45) is 0 Å². The van der Waals surface area contributed by atoms with Gasteiger partial charge in [-0.2, -0.15) is 0 Å². The van der Waals surface area contributed by atoms with Gasteiger partial charge in [-0.1, -0.05) is 42.5 Å². The van der Waals surface area contributed by atoms with Crippen molar-refractivity contribution in [1.29, 1.82) is 0 Å². The molecule has 0 amide bonds. The molecule has 1 rings (SSSR count). The van der Waals surface area contributed by atoms with Crippen molar-refractivity contribution in [3.63, 3.8) is 0 Å². The molecule has 12 heavy (non-hydrogen) atoms. The average Bonchev–Trinajstić information content (AvgIpc) is 2.14. The van der Waals surface area contributed by atoms with E-state index in [4.69, 9.17) is 6.92 Å². The molecule has 0 aromatic heterocycles. The first-order chi connectivity index (χ1) is 5.93. The number of hydrogen-bond acceptors (Lipinski definition) is 0. The molecule has 0 bridgehead atoms. The van der Waals surface area contributed by atoms with Gasteiger partial charge in [0.05, 0.1) is 0 Å². The van der Waals surface area contributed by atoms with Crippen molar-refractivity contribution in [2.45, 2.75) is 19.3 Å². The predicted molar refractivity (Wildman–Crippen MR) is 52.8 cm³/mol. The zero-order valence-electron chi connectivity index (χ0n) is 7.24. The van der Waals surface area contributed by atoms with Gasteiger partial charge in [0, 0.05) is 0 Å². The summed E-state index contributed by atoms with van der Waals surface area (Å²) in [6.45, 7) is 5.23. The van der Waals surface area contributed by atoms with Gasteiger partial charge < -0.3 is 0 Å². The van der Waals surface area contributed by atoms with Crippen LogP contribution < -0.4 is 0 Å². The van der Waals surface area contributed by atoms with E-state index in [1.165, 1.54) is 12.0 Å². The van der Waals surface area contributed by atoms with Crippen LogP contribution in [0.5, 0.6) is 0 Å². The number of aryl methyl sites for hydroxylation is 1. The molecule has 1 aromatic rings. The highest BCUT2D eigenvalue weighted by molar-refractivity contribution is 5.14. The molecule has 2 radical (unpaired) electrons. The highest BCUT2D eigenvalue weighted by Gasteiger charge is 1.88. The van der Waals surface area contributed by atoms with Crippen LogP contribution in [0.2, 0.25) is 0 Å². The number of allylic oxidation sites excluding steroid dienone is 2. The molecule has 0 fully saturated rings. The summed E-state index contributed by atoms with van der Waals surface area (Å²) in [6, 6.07) is 10.5. The number of hydrogen-bond donors (Lipinski definition) is 0. The van der Waals surface area contributed by atoms with E-state index in [9.17, 15) is 0 Å². The molecule has 0 atom stereocenters. The first kappa shape index (κ1) is 9.05. The van der Waals surface area contributed by atoms with Crippen molar-refractivity contribution >= 4 is 0 Å². The molecule has 0 nitrogen and oxygen atoms in total. The van der Waals surface area contributed by atoms with E-state index in [1.54, 1.807) is 6.08 Å². The van der Waals surface area contributed by atoms with Gasteiger partial charge in [-0.15, -0.1) is 0 Å². The Kier molecular flexibility index (Phi) is 4.22. The van der Waals surface area contributed by atoms with Crippen LogP contribution in [-0.4, -0.2) is 0 Å². The monoisotopic (exact) mass is 158 g/mol. The first-order valence-electron chi connectivity index (χ1n) is 4.34. The Hall–Kier alpha value is -1.04. The molecule has 0 aliphatic rings. The average molecular weight is 158 g/mol. The zero-order chi connectivity index (χ0) is 8.65. The molecular formula is C12H14. The second-order valence-corrected chi connectivity index (χ2v) is 2.81. The SMILES string of the molecule is [CH]/C=C/CCCc1ccccc1. The van der Waals surface area contributed by atoms with E-state index >= 15 is 0 Å². The van der Waals surface area contributed by atoms with Crippen LogP contribution in [0.4, 0.5) is 0 Å². The predicted octanol–water partition coefficient (Wildman–Crippen LogP) is 3.28. The minimum Gasteiger partial charge on any atom is -0.0882 e. The summed E-state index contributed by atoms with van der Waals surface area (Å²) in [7, 11) is 0. The standard InChI is InChI=1S/C12H14/c1-2-3-4-6-9-12-10-7-5-8-11-12/h1-3,5,7-8,10-11H,4,6,9H2/b3-2+. The molecular weight excluding hydrogens is 144 g/mol. The minimum absolute atomic E-state index is 1.07.